The fraction of sp³-hybridized carbons (Fsp3) is 0.444. The first kappa shape index (κ1) is 17.6. The molecule has 0 bridgehead atoms. The van der Waals surface area contributed by atoms with Gasteiger partial charge in [0.1, 0.15) is 11.9 Å². The number of aryl methyl sites for hydroxylation is 1. The van der Waals surface area contributed by atoms with Crippen molar-refractivity contribution in [1.82, 2.24) is 15.0 Å². The van der Waals surface area contributed by atoms with Crippen molar-refractivity contribution in [3.8, 4) is 0 Å². The zero-order valence-corrected chi connectivity index (χ0v) is 14.4. The number of aromatic nitrogens is 1. The van der Waals surface area contributed by atoms with E-state index in [0.29, 0.717) is 25.2 Å². The Morgan fingerprint density at radius 2 is 2.04 bits per heavy atom. The van der Waals surface area contributed by atoms with Crippen molar-refractivity contribution in [2.24, 2.45) is 0 Å². The summed E-state index contributed by atoms with van der Waals surface area (Å²) < 4.78 is 24.4. The highest BCUT2D eigenvalue weighted by Crippen LogP contribution is 2.26. The summed E-state index contributed by atoms with van der Waals surface area (Å²) >= 11 is 0. The van der Waals surface area contributed by atoms with Gasteiger partial charge in [0.2, 0.25) is 0 Å². The Morgan fingerprint density at radius 3 is 2.64 bits per heavy atom. The topological polar surface area (TPSA) is 58.8 Å². The number of methoxy groups -OCH3 is 1. The Hall–Kier alpha value is -2.25. The van der Waals surface area contributed by atoms with Crippen LogP contribution < -0.4 is 0 Å². The van der Waals surface area contributed by atoms with E-state index in [2.05, 4.69) is 10.1 Å². The number of halogens is 1. The number of hydrogen-bond donors (Lipinski definition) is 0. The van der Waals surface area contributed by atoms with Gasteiger partial charge < -0.3 is 9.26 Å². The lowest BCUT2D eigenvalue weighted by Crippen LogP contribution is -2.49. The number of nitrogens with zero attached hydrogens (tertiary/aromatic N) is 3. The summed E-state index contributed by atoms with van der Waals surface area (Å²) in [7, 11) is 1.33. The summed E-state index contributed by atoms with van der Waals surface area (Å²) in [6.07, 6.45) is 0. The molecule has 1 aromatic carbocycles. The number of piperazine rings is 1. The highest BCUT2D eigenvalue weighted by Gasteiger charge is 2.33. The lowest BCUT2D eigenvalue weighted by Gasteiger charge is -2.37. The van der Waals surface area contributed by atoms with E-state index in [1.165, 1.54) is 13.2 Å². The summed E-state index contributed by atoms with van der Waals surface area (Å²) in [6, 6.07) is 7.56. The van der Waals surface area contributed by atoms with Gasteiger partial charge in [-0.1, -0.05) is 23.4 Å². The number of carbonyl (C=O) groups is 1. The van der Waals surface area contributed by atoms with Crippen molar-refractivity contribution in [1.29, 1.82) is 0 Å². The van der Waals surface area contributed by atoms with Gasteiger partial charge in [-0.2, -0.15) is 0 Å². The van der Waals surface area contributed by atoms with Crippen LogP contribution in [0.2, 0.25) is 0 Å². The summed E-state index contributed by atoms with van der Waals surface area (Å²) in [5.41, 5.74) is 1.22. The largest absolute Gasteiger partial charge is 0.468 e. The van der Waals surface area contributed by atoms with Crippen LogP contribution in [-0.2, 0) is 16.1 Å². The van der Waals surface area contributed by atoms with Crippen molar-refractivity contribution in [2.45, 2.75) is 19.5 Å². The van der Waals surface area contributed by atoms with Crippen LogP contribution in [0.3, 0.4) is 0 Å². The number of rotatable bonds is 5. The third-order valence-corrected chi connectivity index (χ3v) is 4.45. The normalized spacial score (nSPS) is 17.4. The molecule has 1 aromatic heterocycles. The molecule has 6 nitrogen and oxygen atoms in total. The lowest BCUT2D eigenvalue weighted by molar-refractivity contribution is -0.148. The zero-order valence-electron chi connectivity index (χ0n) is 14.4. The Labute approximate surface area is 146 Å². The minimum atomic E-state index is -0.721. The number of ether oxygens (including phenoxy) is 1. The number of esters is 1. The van der Waals surface area contributed by atoms with Crippen molar-refractivity contribution >= 4 is 5.97 Å². The van der Waals surface area contributed by atoms with Gasteiger partial charge in [-0.15, -0.1) is 0 Å². The molecule has 0 saturated carbocycles. The van der Waals surface area contributed by atoms with Crippen molar-refractivity contribution in [3.63, 3.8) is 0 Å². The quantitative estimate of drug-likeness (QED) is 0.773. The molecule has 1 fully saturated rings. The molecular formula is C18H22FN3O3. The average Bonchev–Trinajstić information content (AvgIpc) is 3.03. The second-order valence-electron chi connectivity index (χ2n) is 6.19. The number of hydrogen-bond acceptors (Lipinski definition) is 6. The Morgan fingerprint density at radius 1 is 1.32 bits per heavy atom. The predicted octanol–water partition coefficient (Wildman–Crippen LogP) is 2.15. The van der Waals surface area contributed by atoms with Crippen molar-refractivity contribution in [2.75, 3.05) is 33.3 Å². The molecular weight excluding hydrogens is 325 g/mol. The van der Waals surface area contributed by atoms with Gasteiger partial charge in [0.15, 0.2) is 5.76 Å². The van der Waals surface area contributed by atoms with Gasteiger partial charge in [0, 0.05) is 37.8 Å². The highest BCUT2D eigenvalue weighted by molar-refractivity contribution is 5.77. The predicted molar refractivity (Wildman–Crippen MR) is 89.2 cm³/mol. The molecule has 0 amide bonds. The second kappa shape index (κ2) is 7.76. The zero-order chi connectivity index (χ0) is 17.8. The SMILES string of the molecule is COC(=O)C(c1ccccc1F)N1CCN(Cc2cc(C)no2)CC1. The van der Waals surface area contributed by atoms with Gasteiger partial charge in [-0.05, 0) is 13.0 Å². The Kier molecular flexibility index (Phi) is 5.45. The molecule has 3 rings (SSSR count). The van der Waals surface area contributed by atoms with E-state index in [-0.39, 0.29) is 0 Å². The van der Waals surface area contributed by atoms with Gasteiger partial charge in [0.25, 0.3) is 0 Å². The van der Waals surface area contributed by atoms with E-state index in [4.69, 9.17) is 9.26 Å². The maximum Gasteiger partial charge on any atom is 0.327 e. The van der Waals surface area contributed by atoms with Crippen LogP contribution in [0.1, 0.15) is 23.1 Å². The highest BCUT2D eigenvalue weighted by atomic mass is 19.1. The van der Waals surface area contributed by atoms with Crippen LogP contribution in [0.5, 0.6) is 0 Å². The van der Waals surface area contributed by atoms with E-state index in [0.717, 1.165) is 24.5 Å². The summed E-state index contributed by atoms with van der Waals surface area (Å²) in [5, 5.41) is 3.89. The first-order valence-electron chi connectivity index (χ1n) is 8.29. The first-order valence-corrected chi connectivity index (χ1v) is 8.29. The molecule has 1 aliphatic rings. The molecule has 7 heteroatoms. The van der Waals surface area contributed by atoms with E-state index in [9.17, 15) is 9.18 Å². The van der Waals surface area contributed by atoms with Crippen LogP contribution >= 0.6 is 0 Å². The van der Waals surface area contributed by atoms with E-state index in [1.807, 2.05) is 17.9 Å². The van der Waals surface area contributed by atoms with Crippen LogP contribution in [0.25, 0.3) is 0 Å². The molecule has 0 N–H and O–H groups in total. The molecule has 1 atom stereocenters. The molecule has 2 heterocycles. The fourth-order valence-electron chi connectivity index (χ4n) is 3.17. The lowest BCUT2D eigenvalue weighted by atomic mass is 10.0. The molecule has 0 spiro atoms. The van der Waals surface area contributed by atoms with Gasteiger partial charge in [0.05, 0.1) is 19.3 Å². The average molecular weight is 347 g/mol. The second-order valence-corrected chi connectivity index (χ2v) is 6.19. The molecule has 1 saturated heterocycles. The summed E-state index contributed by atoms with van der Waals surface area (Å²) in [5.74, 6) is -0.00792. The van der Waals surface area contributed by atoms with Gasteiger partial charge in [-0.25, -0.2) is 9.18 Å². The third-order valence-electron chi connectivity index (χ3n) is 4.45. The maximum absolute atomic E-state index is 14.2. The van der Waals surface area contributed by atoms with E-state index in [1.54, 1.807) is 18.2 Å². The monoisotopic (exact) mass is 347 g/mol. The Bertz CT molecular complexity index is 726. The van der Waals surface area contributed by atoms with Crippen LogP contribution in [-0.4, -0.2) is 54.2 Å². The summed E-state index contributed by atoms with van der Waals surface area (Å²) in [6.45, 7) is 5.35. The summed E-state index contributed by atoms with van der Waals surface area (Å²) in [4.78, 5) is 16.5. The number of carbonyl (C=O) groups excluding carboxylic acids is 1. The first-order chi connectivity index (χ1) is 12.1. The van der Waals surface area contributed by atoms with Crippen LogP contribution in [0.4, 0.5) is 4.39 Å². The van der Waals surface area contributed by atoms with Gasteiger partial charge in [-0.3, -0.25) is 9.80 Å². The van der Waals surface area contributed by atoms with Crippen LogP contribution in [0, 0.1) is 12.7 Å². The van der Waals surface area contributed by atoms with Crippen molar-refractivity contribution < 1.29 is 18.4 Å². The van der Waals surface area contributed by atoms with Crippen LogP contribution in [0.15, 0.2) is 34.9 Å². The standard InChI is InChI=1S/C18H22FN3O3/c1-13-11-14(25-20-13)12-21-7-9-22(10-8-21)17(18(23)24-2)15-5-3-4-6-16(15)19/h3-6,11,17H,7-10,12H2,1-2H3. The third kappa shape index (κ3) is 4.05. The molecule has 134 valence electrons. The molecule has 1 aliphatic heterocycles. The smallest absolute Gasteiger partial charge is 0.327 e. The molecule has 2 aromatic rings. The van der Waals surface area contributed by atoms with E-state index < -0.39 is 17.8 Å². The minimum Gasteiger partial charge on any atom is -0.468 e. The molecule has 0 radical (unpaired) electrons. The minimum absolute atomic E-state index is 0.355. The van der Waals surface area contributed by atoms with Crippen molar-refractivity contribution in [3.05, 3.63) is 53.2 Å². The maximum atomic E-state index is 14.2. The molecule has 0 aliphatic carbocycles. The fourth-order valence-corrected chi connectivity index (χ4v) is 3.17. The Balaban J connectivity index is 1.68. The van der Waals surface area contributed by atoms with Gasteiger partial charge >= 0.3 is 5.97 Å². The van der Waals surface area contributed by atoms with E-state index >= 15 is 0 Å². The molecule has 25 heavy (non-hydrogen) atoms. The molecule has 1 unspecified atom stereocenters. The number of benzene rings is 1.